The van der Waals surface area contributed by atoms with Crippen LogP contribution in [-0.2, 0) is 9.59 Å². The molecule has 1 atom stereocenters. The quantitative estimate of drug-likeness (QED) is 0.228. The molecule has 8 nitrogen and oxygen atoms in total. The van der Waals surface area contributed by atoms with E-state index in [-0.39, 0.29) is 34.4 Å². The number of halogens is 1. The molecule has 0 bridgehead atoms. The van der Waals surface area contributed by atoms with Crippen LogP contribution in [0.15, 0.2) is 60.2 Å². The molecule has 1 aliphatic rings. The molecule has 0 saturated carbocycles. The van der Waals surface area contributed by atoms with E-state index in [0.717, 1.165) is 16.5 Å². The van der Waals surface area contributed by atoms with Crippen LogP contribution in [0.1, 0.15) is 42.5 Å². The fraction of sp³-hybridized carbons (Fsp3) is 0.267. The van der Waals surface area contributed by atoms with Gasteiger partial charge in [-0.3, -0.25) is 14.5 Å². The molecular formula is C30H30FNO7. The normalized spacial score (nSPS) is 16.5. The number of ether oxygens (including phenoxy) is 4. The molecule has 0 radical (unpaired) electrons. The lowest BCUT2D eigenvalue weighted by Crippen LogP contribution is -2.29. The SMILES string of the molecule is COc1ccc(/C(O)=C2\C(=O)C(=O)N(c3cccc(F)c3)C2c2cc(OC)c(OC)c(OC)c2)cc1C(C)C. The van der Waals surface area contributed by atoms with E-state index in [1.807, 2.05) is 13.8 Å². The molecule has 1 aliphatic heterocycles. The smallest absolute Gasteiger partial charge is 0.300 e. The third-order valence-electron chi connectivity index (χ3n) is 6.66. The van der Waals surface area contributed by atoms with Gasteiger partial charge in [0.15, 0.2) is 11.5 Å². The van der Waals surface area contributed by atoms with E-state index in [4.69, 9.17) is 18.9 Å². The third-order valence-corrected chi connectivity index (χ3v) is 6.66. The van der Waals surface area contributed by atoms with Crippen LogP contribution in [0.5, 0.6) is 23.0 Å². The van der Waals surface area contributed by atoms with E-state index in [0.29, 0.717) is 22.6 Å². The first-order valence-electron chi connectivity index (χ1n) is 12.2. The van der Waals surface area contributed by atoms with Gasteiger partial charge in [0.2, 0.25) is 5.75 Å². The lowest BCUT2D eigenvalue weighted by Gasteiger charge is -2.26. The van der Waals surface area contributed by atoms with Crippen molar-refractivity contribution in [2.75, 3.05) is 33.3 Å². The zero-order valence-corrected chi connectivity index (χ0v) is 22.6. The zero-order valence-electron chi connectivity index (χ0n) is 22.6. The number of nitrogens with zero attached hydrogens (tertiary/aromatic N) is 1. The largest absolute Gasteiger partial charge is 0.507 e. The van der Waals surface area contributed by atoms with E-state index in [1.165, 1.54) is 39.5 Å². The predicted molar refractivity (Wildman–Crippen MR) is 144 cm³/mol. The molecule has 204 valence electrons. The summed E-state index contributed by atoms with van der Waals surface area (Å²) in [5, 5.41) is 11.6. The highest BCUT2D eigenvalue weighted by Crippen LogP contribution is 2.47. The fourth-order valence-corrected chi connectivity index (χ4v) is 4.79. The molecule has 1 heterocycles. The van der Waals surface area contributed by atoms with Gasteiger partial charge < -0.3 is 24.1 Å². The Hall–Kier alpha value is -4.53. The van der Waals surface area contributed by atoms with Crippen molar-refractivity contribution in [3.63, 3.8) is 0 Å². The Morgan fingerprint density at radius 2 is 1.51 bits per heavy atom. The summed E-state index contributed by atoms with van der Waals surface area (Å²) in [6.45, 7) is 3.95. The van der Waals surface area contributed by atoms with Gasteiger partial charge in [-0.25, -0.2) is 4.39 Å². The average Bonchev–Trinajstić information content (AvgIpc) is 3.21. The molecule has 0 spiro atoms. The van der Waals surface area contributed by atoms with Gasteiger partial charge in [0.1, 0.15) is 17.3 Å². The monoisotopic (exact) mass is 535 g/mol. The maximum atomic E-state index is 14.3. The van der Waals surface area contributed by atoms with Crippen molar-refractivity contribution in [2.45, 2.75) is 25.8 Å². The molecule has 1 N–H and O–H groups in total. The Kier molecular flexibility index (Phi) is 7.80. The number of carbonyl (C=O) groups is 2. The van der Waals surface area contributed by atoms with Crippen LogP contribution in [0.25, 0.3) is 5.76 Å². The molecule has 4 rings (SSSR count). The van der Waals surface area contributed by atoms with E-state index < -0.39 is 23.5 Å². The van der Waals surface area contributed by atoms with Gasteiger partial charge in [-0.05, 0) is 65.6 Å². The predicted octanol–water partition coefficient (Wildman–Crippen LogP) is 5.61. The molecule has 39 heavy (non-hydrogen) atoms. The van der Waals surface area contributed by atoms with Gasteiger partial charge in [-0.1, -0.05) is 19.9 Å². The van der Waals surface area contributed by atoms with E-state index in [1.54, 1.807) is 37.4 Å². The molecule has 9 heteroatoms. The standard InChI is InChI=1S/C30H30FNO7/c1-16(2)21-12-17(10-11-22(21)36-3)27(33)25-26(18-13-23(37-4)29(39-6)24(14-18)38-5)32(30(35)28(25)34)20-9-7-8-19(31)15-20/h7-16,26,33H,1-6H3/b27-25+. The molecule has 0 aliphatic carbocycles. The van der Waals surface area contributed by atoms with Crippen molar-refractivity contribution in [3.8, 4) is 23.0 Å². The van der Waals surface area contributed by atoms with E-state index >= 15 is 0 Å². The zero-order chi connectivity index (χ0) is 28.4. The van der Waals surface area contributed by atoms with E-state index in [9.17, 15) is 19.1 Å². The van der Waals surface area contributed by atoms with Crippen LogP contribution in [0.3, 0.4) is 0 Å². The molecule has 1 amide bonds. The highest BCUT2D eigenvalue weighted by atomic mass is 19.1. The summed E-state index contributed by atoms with van der Waals surface area (Å²) >= 11 is 0. The Morgan fingerprint density at radius 1 is 0.872 bits per heavy atom. The van der Waals surface area contributed by atoms with Gasteiger partial charge in [0.05, 0.1) is 40.1 Å². The summed E-state index contributed by atoms with van der Waals surface area (Å²) in [6.07, 6.45) is 0. The van der Waals surface area contributed by atoms with Gasteiger partial charge in [0, 0.05) is 11.3 Å². The number of ketones is 1. The first-order valence-corrected chi connectivity index (χ1v) is 12.2. The minimum absolute atomic E-state index is 0.0494. The molecule has 1 unspecified atom stereocenters. The number of hydrogen-bond donors (Lipinski definition) is 1. The van der Waals surface area contributed by atoms with Crippen molar-refractivity contribution in [1.82, 2.24) is 0 Å². The summed E-state index contributed by atoms with van der Waals surface area (Å²) in [6, 6.07) is 12.4. The Morgan fingerprint density at radius 3 is 2.05 bits per heavy atom. The summed E-state index contributed by atoms with van der Waals surface area (Å²) < 4.78 is 36.1. The third kappa shape index (κ3) is 4.87. The summed E-state index contributed by atoms with van der Waals surface area (Å²) in [5.41, 5.74) is 1.50. The number of methoxy groups -OCH3 is 4. The Bertz CT molecular complexity index is 1440. The molecule has 3 aromatic carbocycles. The summed E-state index contributed by atoms with van der Waals surface area (Å²) in [5.74, 6) is -1.26. The lowest BCUT2D eigenvalue weighted by molar-refractivity contribution is -0.132. The number of benzene rings is 3. The van der Waals surface area contributed by atoms with Crippen molar-refractivity contribution in [1.29, 1.82) is 0 Å². The van der Waals surface area contributed by atoms with Gasteiger partial charge >= 0.3 is 0 Å². The number of anilines is 1. The second-order valence-electron chi connectivity index (χ2n) is 9.22. The molecule has 1 saturated heterocycles. The first kappa shape index (κ1) is 27.5. The van der Waals surface area contributed by atoms with Gasteiger partial charge in [-0.2, -0.15) is 0 Å². The Labute approximate surface area is 226 Å². The van der Waals surface area contributed by atoms with Crippen molar-refractivity contribution in [3.05, 3.63) is 82.7 Å². The minimum Gasteiger partial charge on any atom is -0.507 e. The molecule has 0 aromatic heterocycles. The highest BCUT2D eigenvalue weighted by Gasteiger charge is 2.47. The van der Waals surface area contributed by atoms with E-state index in [2.05, 4.69) is 0 Å². The van der Waals surface area contributed by atoms with Gasteiger partial charge in [0.25, 0.3) is 11.7 Å². The molecular weight excluding hydrogens is 505 g/mol. The van der Waals surface area contributed by atoms with Gasteiger partial charge in [-0.15, -0.1) is 0 Å². The second-order valence-corrected chi connectivity index (χ2v) is 9.22. The second kappa shape index (κ2) is 11.1. The fourth-order valence-electron chi connectivity index (χ4n) is 4.79. The molecule has 3 aromatic rings. The van der Waals surface area contributed by atoms with Crippen molar-refractivity contribution < 1.29 is 38.0 Å². The number of aliphatic hydroxyl groups is 1. The number of rotatable bonds is 8. The number of amides is 1. The molecule has 1 fully saturated rings. The lowest BCUT2D eigenvalue weighted by atomic mass is 9.92. The Balaban J connectivity index is 2.03. The van der Waals surface area contributed by atoms with Crippen LogP contribution in [0, 0.1) is 5.82 Å². The summed E-state index contributed by atoms with van der Waals surface area (Å²) in [7, 11) is 5.88. The maximum Gasteiger partial charge on any atom is 0.300 e. The maximum absolute atomic E-state index is 14.3. The van der Waals surface area contributed by atoms with Crippen LogP contribution in [0.4, 0.5) is 10.1 Å². The van der Waals surface area contributed by atoms with Crippen LogP contribution < -0.4 is 23.8 Å². The first-order chi connectivity index (χ1) is 18.7. The average molecular weight is 536 g/mol. The van der Waals surface area contributed by atoms with Crippen LogP contribution >= 0.6 is 0 Å². The van der Waals surface area contributed by atoms with Crippen LogP contribution in [-0.4, -0.2) is 45.2 Å². The van der Waals surface area contributed by atoms with Crippen molar-refractivity contribution in [2.24, 2.45) is 0 Å². The summed E-state index contributed by atoms with van der Waals surface area (Å²) in [4.78, 5) is 28.1. The number of aliphatic hydroxyl groups excluding tert-OH is 1. The number of Topliss-reactive ketones (excluding diaryl/α,β-unsaturated/α-hetero) is 1. The topological polar surface area (TPSA) is 94.5 Å². The number of hydrogen-bond acceptors (Lipinski definition) is 7. The minimum atomic E-state index is -1.13. The van der Waals surface area contributed by atoms with Crippen molar-refractivity contribution >= 4 is 23.1 Å². The number of carbonyl (C=O) groups excluding carboxylic acids is 2. The highest BCUT2D eigenvalue weighted by molar-refractivity contribution is 6.51. The van der Waals surface area contributed by atoms with Crippen LogP contribution in [0.2, 0.25) is 0 Å².